The summed E-state index contributed by atoms with van der Waals surface area (Å²) in [7, 11) is 0. The number of benzene rings is 2. The molecule has 0 saturated carbocycles. The molecular formula is C16H20BrNO2. The van der Waals surface area contributed by atoms with Gasteiger partial charge in [0.05, 0.1) is 0 Å². The molecule has 4 heteroatoms. The van der Waals surface area contributed by atoms with Gasteiger partial charge in [-0.3, -0.25) is 0 Å². The van der Waals surface area contributed by atoms with Gasteiger partial charge in [0.15, 0.2) is 0 Å². The van der Waals surface area contributed by atoms with Crippen LogP contribution in [-0.2, 0) is 0 Å². The van der Waals surface area contributed by atoms with Crippen molar-refractivity contribution in [3.8, 4) is 5.75 Å². The minimum absolute atomic E-state index is 0.304. The van der Waals surface area contributed by atoms with Crippen LogP contribution in [0.2, 0.25) is 0 Å². The van der Waals surface area contributed by atoms with Crippen LogP contribution >= 0.6 is 15.9 Å². The number of hydrogen-bond donors (Lipinski definition) is 2. The maximum Gasteiger partial charge on any atom is 0.120 e. The maximum atomic E-state index is 9.79. The van der Waals surface area contributed by atoms with Gasteiger partial charge in [-0.05, 0) is 48.0 Å². The molecule has 0 aliphatic heterocycles. The second-order valence-electron chi connectivity index (χ2n) is 4.82. The van der Waals surface area contributed by atoms with Gasteiger partial charge in [0.1, 0.15) is 18.5 Å². The molecule has 20 heavy (non-hydrogen) atoms. The zero-order valence-corrected chi connectivity index (χ0v) is 13.2. The molecule has 2 N–H and O–H groups in total. The number of aliphatic hydroxyl groups is 1. The predicted octanol–water partition coefficient (Wildman–Crippen LogP) is 3.34. The Morgan fingerprint density at radius 3 is 2.75 bits per heavy atom. The number of fused-ring (bicyclic) bond motifs is 1. The number of hydrogen-bond acceptors (Lipinski definition) is 3. The average molecular weight is 338 g/mol. The zero-order chi connectivity index (χ0) is 14.4. The topological polar surface area (TPSA) is 41.5 Å². The van der Waals surface area contributed by atoms with E-state index in [0.29, 0.717) is 13.2 Å². The minimum atomic E-state index is -0.484. The number of rotatable bonds is 7. The molecule has 3 nitrogen and oxygen atoms in total. The first-order valence-corrected chi connectivity index (χ1v) is 7.69. The van der Waals surface area contributed by atoms with Gasteiger partial charge in [-0.15, -0.1) is 0 Å². The van der Waals surface area contributed by atoms with Crippen molar-refractivity contribution in [3.63, 3.8) is 0 Å². The lowest BCUT2D eigenvalue weighted by molar-refractivity contribution is 0.106. The number of nitrogens with one attached hydrogen (secondary N) is 1. The monoisotopic (exact) mass is 337 g/mol. The Balaban J connectivity index is 1.91. The number of aliphatic hydroxyl groups excluding tert-OH is 1. The van der Waals surface area contributed by atoms with Gasteiger partial charge < -0.3 is 15.2 Å². The molecule has 1 atom stereocenters. The molecule has 0 fully saturated rings. The van der Waals surface area contributed by atoms with E-state index in [-0.39, 0.29) is 0 Å². The average Bonchev–Trinajstić information content (AvgIpc) is 2.45. The molecule has 2 aromatic rings. The smallest absolute Gasteiger partial charge is 0.120 e. The molecule has 108 valence electrons. The molecule has 2 aromatic carbocycles. The summed E-state index contributed by atoms with van der Waals surface area (Å²) < 4.78 is 6.70. The Labute approximate surface area is 128 Å². The van der Waals surface area contributed by atoms with Crippen LogP contribution in [-0.4, -0.2) is 30.9 Å². The Hall–Kier alpha value is -1.10. The molecule has 0 radical (unpaired) electrons. The molecule has 0 aliphatic rings. The summed E-state index contributed by atoms with van der Waals surface area (Å²) in [6, 6.07) is 12.1. The van der Waals surface area contributed by atoms with Gasteiger partial charge in [0, 0.05) is 11.0 Å². The minimum Gasteiger partial charge on any atom is -0.491 e. The van der Waals surface area contributed by atoms with Crippen molar-refractivity contribution >= 4 is 26.7 Å². The van der Waals surface area contributed by atoms with Crippen LogP contribution in [0.3, 0.4) is 0 Å². The van der Waals surface area contributed by atoms with Crippen LogP contribution in [0.4, 0.5) is 0 Å². The fourth-order valence-electron chi connectivity index (χ4n) is 1.98. The Bertz CT molecular complexity index is 559. The lowest BCUT2D eigenvalue weighted by Crippen LogP contribution is -2.31. The van der Waals surface area contributed by atoms with Crippen molar-refractivity contribution in [2.75, 3.05) is 19.7 Å². The standard InChI is InChI=1S/C16H20BrNO2/c1-2-7-18-10-15(19)11-20-16-6-4-12-8-14(17)5-3-13(12)9-16/h3-6,8-9,15,18-19H,2,7,10-11H2,1H3. The van der Waals surface area contributed by atoms with Gasteiger partial charge >= 0.3 is 0 Å². The van der Waals surface area contributed by atoms with E-state index >= 15 is 0 Å². The van der Waals surface area contributed by atoms with E-state index in [1.165, 1.54) is 0 Å². The largest absolute Gasteiger partial charge is 0.491 e. The summed E-state index contributed by atoms with van der Waals surface area (Å²) >= 11 is 3.46. The highest BCUT2D eigenvalue weighted by Gasteiger charge is 2.05. The van der Waals surface area contributed by atoms with Gasteiger partial charge in [-0.1, -0.05) is 35.0 Å². The SMILES string of the molecule is CCCNCC(O)COc1ccc2cc(Br)ccc2c1. The summed E-state index contributed by atoms with van der Waals surface area (Å²) in [5, 5.41) is 15.3. The molecule has 0 bridgehead atoms. The molecule has 0 saturated heterocycles. The highest BCUT2D eigenvalue weighted by atomic mass is 79.9. The fraction of sp³-hybridized carbons (Fsp3) is 0.375. The van der Waals surface area contributed by atoms with Gasteiger partial charge in [-0.2, -0.15) is 0 Å². The van der Waals surface area contributed by atoms with E-state index < -0.39 is 6.10 Å². The highest BCUT2D eigenvalue weighted by Crippen LogP contribution is 2.24. The molecule has 0 amide bonds. The number of ether oxygens (including phenoxy) is 1. The third kappa shape index (κ3) is 4.47. The summed E-state index contributed by atoms with van der Waals surface area (Å²) in [4.78, 5) is 0. The molecule has 1 unspecified atom stereocenters. The molecule has 0 aromatic heterocycles. The lowest BCUT2D eigenvalue weighted by Gasteiger charge is -2.13. The van der Waals surface area contributed by atoms with Crippen LogP contribution in [0.5, 0.6) is 5.75 Å². The molecule has 2 rings (SSSR count). The first kappa shape index (κ1) is 15.3. The van der Waals surface area contributed by atoms with Crippen molar-refractivity contribution in [2.45, 2.75) is 19.4 Å². The van der Waals surface area contributed by atoms with Crippen LogP contribution < -0.4 is 10.1 Å². The summed E-state index contributed by atoms with van der Waals surface area (Å²) in [6.07, 6.45) is 0.579. The fourth-order valence-corrected chi connectivity index (χ4v) is 2.36. The molecule has 0 spiro atoms. The van der Waals surface area contributed by atoms with E-state index in [1.54, 1.807) is 0 Å². The Morgan fingerprint density at radius 2 is 1.95 bits per heavy atom. The van der Waals surface area contributed by atoms with Gasteiger partial charge in [0.2, 0.25) is 0 Å². The van der Waals surface area contributed by atoms with E-state index in [2.05, 4.69) is 34.2 Å². The summed E-state index contributed by atoms with van der Waals surface area (Å²) in [6.45, 7) is 3.89. The van der Waals surface area contributed by atoms with E-state index in [9.17, 15) is 5.11 Å². The second kappa shape index (κ2) is 7.62. The van der Waals surface area contributed by atoms with E-state index in [1.807, 2.05) is 30.3 Å². The number of halogens is 1. The van der Waals surface area contributed by atoms with Crippen molar-refractivity contribution in [3.05, 3.63) is 40.9 Å². The van der Waals surface area contributed by atoms with Crippen LogP contribution in [0.15, 0.2) is 40.9 Å². The third-order valence-corrected chi connectivity index (χ3v) is 3.52. The zero-order valence-electron chi connectivity index (χ0n) is 11.6. The van der Waals surface area contributed by atoms with Crippen LogP contribution in [0.25, 0.3) is 10.8 Å². The van der Waals surface area contributed by atoms with Crippen LogP contribution in [0.1, 0.15) is 13.3 Å². The first-order valence-electron chi connectivity index (χ1n) is 6.90. The van der Waals surface area contributed by atoms with E-state index in [4.69, 9.17) is 4.74 Å². The maximum absolute atomic E-state index is 9.79. The summed E-state index contributed by atoms with van der Waals surface area (Å²) in [5.41, 5.74) is 0. The Kier molecular flexibility index (Phi) is 5.83. The molecule has 0 heterocycles. The quantitative estimate of drug-likeness (QED) is 0.761. The normalized spacial score (nSPS) is 12.6. The second-order valence-corrected chi connectivity index (χ2v) is 5.74. The highest BCUT2D eigenvalue weighted by molar-refractivity contribution is 9.10. The first-order chi connectivity index (χ1) is 9.69. The molecule has 0 aliphatic carbocycles. The van der Waals surface area contributed by atoms with Crippen LogP contribution in [0, 0.1) is 0 Å². The van der Waals surface area contributed by atoms with Crippen molar-refractivity contribution < 1.29 is 9.84 Å². The van der Waals surface area contributed by atoms with Gasteiger partial charge in [0.25, 0.3) is 0 Å². The predicted molar refractivity (Wildman–Crippen MR) is 86.3 cm³/mol. The summed E-state index contributed by atoms with van der Waals surface area (Å²) in [5.74, 6) is 0.786. The van der Waals surface area contributed by atoms with Crippen molar-refractivity contribution in [2.24, 2.45) is 0 Å². The van der Waals surface area contributed by atoms with E-state index in [0.717, 1.165) is 34.0 Å². The van der Waals surface area contributed by atoms with Crippen molar-refractivity contribution in [1.29, 1.82) is 0 Å². The lowest BCUT2D eigenvalue weighted by atomic mass is 10.1. The van der Waals surface area contributed by atoms with Crippen molar-refractivity contribution in [1.82, 2.24) is 5.32 Å². The molecular weight excluding hydrogens is 318 g/mol. The Morgan fingerprint density at radius 1 is 1.20 bits per heavy atom. The van der Waals surface area contributed by atoms with Gasteiger partial charge in [-0.25, -0.2) is 0 Å². The third-order valence-electron chi connectivity index (χ3n) is 3.02.